The third-order valence-corrected chi connectivity index (χ3v) is 7.20. The molecule has 1 aromatic rings. The molecule has 14 heteroatoms. The Morgan fingerprint density at radius 2 is 1.77 bits per heavy atom. The second kappa shape index (κ2) is 12.3. The van der Waals surface area contributed by atoms with Gasteiger partial charge >= 0.3 is 17.6 Å². The summed E-state index contributed by atoms with van der Waals surface area (Å²) in [7, 11) is 6.91. The monoisotopic (exact) mass is 579 g/mol. The molecule has 1 fully saturated rings. The Hall–Kier alpha value is -2.58. The molecule has 1 atom stereocenters. The van der Waals surface area contributed by atoms with E-state index in [1.165, 1.54) is 4.90 Å². The number of hydrogen-bond acceptors (Lipinski definition) is 6. The average Bonchev–Trinajstić information content (AvgIpc) is 3.16. The minimum Gasteiger partial charge on any atom is -0.356 e. The number of hydrogen-bond donors (Lipinski definition) is 1. The van der Waals surface area contributed by atoms with Gasteiger partial charge in [0.25, 0.3) is 0 Å². The van der Waals surface area contributed by atoms with Gasteiger partial charge in [-0.25, -0.2) is 0 Å². The van der Waals surface area contributed by atoms with E-state index in [1.54, 1.807) is 19.0 Å². The van der Waals surface area contributed by atoms with E-state index < -0.39 is 34.8 Å². The smallest absolute Gasteiger partial charge is 0.356 e. The van der Waals surface area contributed by atoms with Gasteiger partial charge in [0.1, 0.15) is 11.9 Å². The van der Waals surface area contributed by atoms with E-state index in [-0.39, 0.29) is 30.0 Å². The van der Waals surface area contributed by atoms with Crippen LogP contribution >= 0.6 is 11.8 Å². The van der Waals surface area contributed by atoms with E-state index in [0.29, 0.717) is 49.3 Å². The van der Waals surface area contributed by atoms with E-state index in [1.807, 2.05) is 25.1 Å². The van der Waals surface area contributed by atoms with Gasteiger partial charge in [-0.3, -0.25) is 14.5 Å². The summed E-state index contributed by atoms with van der Waals surface area (Å²) >= 11 is 0.947. The van der Waals surface area contributed by atoms with E-state index >= 15 is 0 Å². The lowest BCUT2D eigenvalue weighted by atomic mass is 9.95. The number of nitrogens with one attached hydrogen (secondary N) is 1. The molecule has 0 saturated carbocycles. The highest BCUT2D eigenvalue weighted by atomic mass is 32.2. The van der Waals surface area contributed by atoms with Crippen LogP contribution in [0.15, 0.2) is 34.2 Å². The molecule has 0 aromatic heterocycles. The van der Waals surface area contributed by atoms with Gasteiger partial charge < -0.3 is 15.1 Å². The van der Waals surface area contributed by atoms with Gasteiger partial charge in [0.2, 0.25) is 5.91 Å². The highest BCUT2D eigenvalue weighted by Crippen LogP contribution is 2.38. The standard InChI is InChI=1S/C25H31F6N5O2S/c1-34(2)14-19(22(37)35(3)4)32-21-20(39-23(38)33-21)11-15-7-9-36(10-8-15)13-16-5-6-17(24(26,27)28)12-18(16)25(29,30)31/h5-6,11-12,15,19H,7-10,13-14H2,1-4H3,(H,32,33,38)/b20-11-/t19-/m0/s1. The van der Waals surface area contributed by atoms with Crippen molar-refractivity contribution in [3.63, 3.8) is 0 Å². The molecule has 2 aliphatic heterocycles. The molecular weight excluding hydrogens is 548 g/mol. The highest BCUT2D eigenvalue weighted by Gasteiger charge is 2.38. The maximum absolute atomic E-state index is 13.5. The number of likely N-dealkylation sites (tertiary alicyclic amines) is 1. The number of amidine groups is 1. The molecule has 0 aliphatic carbocycles. The maximum Gasteiger partial charge on any atom is 0.416 e. The van der Waals surface area contributed by atoms with Crippen LogP contribution in [0.2, 0.25) is 0 Å². The Balaban J connectivity index is 1.68. The van der Waals surface area contributed by atoms with Gasteiger partial charge in [0.05, 0.1) is 16.0 Å². The average molecular weight is 580 g/mol. The fraction of sp³-hybridized carbons (Fsp3) is 0.560. The SMILES string of the molecule is CN(C)C[C@H](NC1=NC(=O)S/C1=C\C1CCN(Cc2ccc(C(F)(F)F)cc2C(F)(F)F)CC1)C(=O)N(C)C. The number of carbonyl (C=O) groups excluding carboxylic acids is 2. The fourth-order valence-electron chi connectivity index (χ4n) is 4.44. The Kier molecular flexibility index (Phi) is 9.76. The van der Waals surface area contributed by atoms with Crippen molar-refractivity contribution in [1.82, 2.24) is 20.0 Å². The van der Waals surface area contributed by atoms with Gasteiger partial charge in [-0.15, -0.1) is 0 Å². The fourth-order valence-corrected chi connectivity index (χ4v) is 5.23. The molecule has 1 saturated heterocycles. The van der Waals surface area contributed by atoms with Crippen molar-refractivity contribution in [2.45, 2.75) is 37.8 Å². The summed E-state index contributed by atoms with van der Waals surface area (Å²) in [4.78, 5) is 34.4. The van der Waals surface area contributed by atoms with Gasteiger partial charge in [0, 0.05) is 27.2 Å². The minimum atomic E-state index is -4.91. The number of halogens is 6. The second-order valence-electron chi connectivity index (χ2n) is 10.0. The predicted octanol–water partition coefficient (Wildman–Crippen LogP) is 4.69. The Morgan fingerprint density at radius 1 is 1.13 bits per heavy atom. The molecule has 3 rings (SSSR count). The van der Waals surface area contributed by atoms with Crippen molar-refractivity contribution < 1.29 is 35.9 Å². The molecular formula is C25H31F6N5O2S. The summed E-state index contributed by atoms with van der Waals surface area (Å²) in [6.45, 7) is 1.10. The number of thioether (sulfide) groups is 1. The molecule has 0 radical (unpaired) electrons. The summed E-state index contributed by atoms with van der Waals surface area (Å²) in [6, 6.07) is 1.11. The summed E-state index contributed by atoms with van der Waals surface area (Å²) in [5.41, 5.74) is -2.83. The van der Waals surface area contributed by atoms with Crippen LogP contribution in [-0.2, 0) is 23.7 Å². The number of benzene rings is 1. The van der Waals surface area contributed by atoms with Crippen molar-refractivity contribution in [3.8, 4) is 0 Å². The molecule has 39 heavy (non-hydrogen) atoms. The summed E-state index contributed by atoms with van der Waals surface area (Å²) < 4.78 is 79.5. The first kappa shape index (κ1) is 31.0. The van der Waals surface area contributed by atoms with E-state index in [9.17, 15) is 35.9 Å². The highest BCUT2D eigenvalue weighted by molar-refractivity contribution is 8.18. The van der Waals surface area contributed by atoms with Gasteiger partial charge in [-0.05, 0) is 75.4 Å². The van der Waals surface area contributed by atoms with Crippen LogP contribution in [0, 0.1) is 5.92 Å². The normalized spacial score (nSPS) is 19.5. The molecule has 7 nitrogen and oxygen atoms in total. The van der Waals surface area contributed by atoms with Crippen LogP contribution in [0.25, 0.3) is 0 Å². The molecule has 1 aromatic carbocycles. The number of carbonyl (C=O) groups is 2. The van der Waals surface area contributed by atoms with Crippen molar-refractivity contribution >= 4 is 28.7 Å². The second-order valence-corrected chi connectivity index (χ2v) is 11.0. The zero-order valence-electron chi connectivity index (χ0n) is 22.0. The van der Waals surface area contributed by atoms with Crippen LogP contribution in [0.3, 0.4) is 0 Å². The van der Waals surface area contributed by atoms with Gasteiger partial charge in [-0.1, -0.05) is 12.1 Å². The number of likely N-dealkylation sites (N-methyl/N-ethyl adjacent to an activating group) is 2. The van der Waals surface area contributed by atoms with Crippen LogP contribution in [0.1, 0.15) is 29.5 Å². The molecule has 216 valence electrons. The number of nitrogens with zero attached hydrogens (tertiary/aromatic N) is 4. The molecule has 1 N–H and O–H groups in total. The first-order valence-corrected chi connectivity index (χ1v) is 13.0. The minimum absolute atomic E-state index is 0.00758. The van der Waals surface area contributed by atoms with Crippen molar-refractivity contribution in [3.05, 3.63) is 45.9 Å². The lowest BCUT2D eigenvalue weighted by Gasteiger charge is -2.32. The molecule has 0 unspecified atom stereocenters. The van der Waals surface area contributed by atoms with Crippen LogP contribution in [-0.4, -0.2) is 85.5 Å². The van der Waals surface area contributed by atoms with Crippen LogP contribution < -0.4 is 5.32 Å². The first-order chi connectivity index (χ1) is 18.0. The number of alkyl halides is 6. The summed E-state index contributed by atoms with van der Waals surface area (Å²) in [5.74, 6) is 0.146. The van der Waals surface area contributed by atoms with Crippen molar-refractivity contribution in [1.29, 1.82) is 0 Å². The van der Waals surface area contributed by atoms with Gasteiger partial charge in [0.15, 0.2) is 0 Å². The topological polar surface area (TPSA) is 68.2 Å². The van der Waals surface area contributed by atoms with Gasteiger partial charge in [-0.2, -0.15) is 31.3 Å². The van der Waals surface area contributed by atoms with Crippen LogP contribution in [0.4, 0.5) is 31.1 Å². The lowest BCUT2D eigenvalue weighted by molar-refractivity contribution is -0.143. The molecule has 2 aliphatic rings. The number of rotatable bonds is 7. The Morgan fingerprint density at radius 3 is 2.31 bits per heavy atom. The van der Waals surface area contributed by atoms with Crippen molar-refractivity contribution in [2.24, 2.45) is 10.9 Å². The summed E-state index contributed by atoms with van der Waals surface area (Å²) in [5, 5.41) is 2.67. The maximum atomic E-state index is 13.5. The molecule has 0 bridgehead atoms. The first-order valence-electron chi connectivity index (χ1n) is 12.2. The van der Waals surface area contributed by atoms with E-state index in [0.717, 1.165) is 17.8 Å². The third kappa shape index (κ3) is 8.45. The van der Waals surface area contributed by atoms with Crippen LogP contribution in [0.5, 0.6) is 0 Å². The number of allylic oxidation sites excluding steroid dienone is 1. The number of piperidine rings is 1. The van der Waals surface area contributed by atoms with E-state index in [2.05, 4.69) is 10.3 Å². The number of amides is 2. The Labute approximate surface area is 227 Å². The third-order valence-electron chi connectivity index (χ3n) is 6.39. The lowest BCUT2D eigenvalue weighted by Crippen LogP contribution is -2.51. The largest absolute Gasteiger partial charge is 0.416 e. The molecule has 2 heterocycles. The Bertz CT molecular complexity index is 1120. The number of aliphatic imine (C=N–C) groups is 1. The van der Waals surface area contributed by atoms with E-state index in [4.69, 9.17) is 0 Å². The summed E-state index contributed by atoms with van der Waals surface area (Å²) in [6.07, 6.45) is -6.73. The quantitative estimate of drug-likeness (QED) is 0.473. The zero-order valence-corrected chi connectivity index (χ0v) is 22.8. The molecule has 2 amide bonds. The predicted molar refractivity (Wildman–Crippen MR) is 137 cm³/mol. The zero-order chi connectivity index (χ0) is 29.1. The molecule has 0 spiro atoms. The van der Waals surface area contributed by atoms with Crippen molar-refractivity contribution in [2.75, 3.05) is 47.8 Å².